The molecule has 0 atom stereocenters. The van der Waals surface area contributed by atoms with E-state index in [1.54, 1.807) is 0 Å². The van der Waals surface area contributed by atoms with Crippen LogP contribution in [0.3, 0.4) is 0 Å². The van der Waals surface area contributed by atoms with E-state index >= 15 is 0 Å². The van der Waals surface area contributed by atoms with Gasteiger partial charge in [-0.15, -0.1) is 0 Å². The molecule has 0 fully saturated rings. The van der Waals surface area contributed by atoms with Crippen molar-refractivity contribution in [1.29, 1.82) is 0 Å². The lowest BCUT2D eigenvalue weighted by Gasteiger charge is -2.38. The molecule has 0 saturated heterocycles. The Hall–Kier alpha value is -4.84. The van der Waals surface area contributed by atoms with Crippen molar-refractivity contribution in [2.24, 2.45) is 0 Å². The van der Waals surface area contributed by atoms with Crippen LogP contribution in [-0.2, 0) is 0 Å². The molecule has 1 N–H and O–H groups in total. The van der Waals surface area contributed by atoms with Crippen molar-refractivity contribution in [3.05, 3.63) is 212 Å². The molecule has 0 spiro atoms. The summed E-state index contributed by atoms with van der Waals surface area (Å²) in [5, 5.41) is 12.7. The molecule has 7 rings (SSSR count). The maximum Gasteiger partial charge on any atom is 0.151 e. The number of nitrogens with one attached hydrogen (secondary N) is 1. The van der Waals surface area contributed by atoms with Crippen LogP contribution in [0.4, 0.5) is 5.69 Å². The third-order valence-electron chi connectivity index (χ3n) is 9.01. The Morgan fingerprint density at radius 1 is 0.429 bits per heavy atom. The molecule has 0 aliphatic heterocycles. The summed E-state index contributed by atoms with van der Waals surface area (Å²) in [4.78, 5) is 0.763. The molecule has 4 heteroatoms. The molecule has 0 amide bonds. The van der Waals surface area contributed by atoms with Crippen molar-refractivity contribution >= 4 is 73.9 Å². The van der Waals surface area contributed by atoms with E-state index in [4.69, 9.17) is 12.2 Å². The Balaban J connectivity index is 1.81. The monoisotopic (exact) mass is 686 g/mol. The van der Waals surface area contributed by atoms with E-state index in [9.17, 15) is 0 Å². The quantitative estimate of drug-likeness (QED) is 0.120. The second-order valence-electron chi connectivity index (χ2n) is 12.0. The van der Waals surface area contributed by atoms with Gasteiger partial charge in [0.25, 0.3) is 0 Å². The lowest BCUT2D eigenvalue weighted by molar-refractivity contribution is 1.47. The Bertz CT molecular complexity index is 1990. The molecule has 7 aromatic carbocycles. The van der Waals surface area contributed by atoms with Crippen LogP contribution in [-0.4, -0.2) is 10.0 Å². The summed E-state index contributed by atoms with van der Waals surface area (Å²) in [5.74, 6) is 0. The molecule has 0 bridgehead atoms. The largest absolute Gasteiger partial charge is 0.343 e. The van der Waals surface area contributed by atoms with Crippen LogP contribution >= 0.6 is 26.4 Å². The van der Waals surface area contributed by atoms with Crippen molar-refractivity contribution in [2.75, 3.05) is 5.32 Å². The predicted octanol–water partition coefficient (Wildman–Crippen LogP) is 8.85. The highest BCUT2D eigenvalue weighted by Crippen LogP contribution is 2.65. The predicted molar refractivity (Wildman–Crippen MR) is 223 cm³/mol. The Labute approximate surface area is 296 Å². The summed E-state index contributed by atoms with van der Waals surface area (Å²) in [6, 6.07) is 75.2. The lowest BCUT2D eigenvalue weighted by Crippen LogP contribution is -2.45. The van der Waals surface area contributed by atoms with E-state index in [2.05, 4.69) is 218 Å². The first-order valence-electron chi connectivity index (χ1n) is 16.5. The van der Waals surface area contributed by atoms with Gasteiger partial charge in [-0.3, -0.25) is 0 Å². The van der Waals surface area contributed by atoms with E-state index in [0.717, 1.165) is 10.7 Å². The van der Waals surface area contributed by atoms with Gasteiger partial charge < -0.3 is 5.32 Å². The van der Waals surface area contributed by atoms with Gasteiger partial charge in [-0.1, -0.05) is 176 Å². The highest BCUT2D eigenvalue weighted by molar-refractivity contribution is 8.24. The highest BCUT2D eigenvalue weighted by Gasteiger charge is 2.56. The Kier molecular flexibility index (Phi) is 9.83. The first kappa shape index (κ1) is 32.7. The van der Waals surface area contributed by atoms with Crippen molar-refractivity contribution < 1.29 is 0 Å². The average Bonchev–Trinajstić information content (AvgIpc) is 3.18. The van der Waals surface area contributed by atoms with Gasteiger partial charge in [0.1, 0.15) is 28.2 Å². The van der Waals surface area contributed by atoms with E-state index in [1.807, 2.05) is 0 Å². The van der Waals surface area contributed by atoms with E-state index < -0.39 is 14.1 Å². The molecule has 0 heterocycles. The van der Waals surface area contributed by atoms with Crippen molar-refractivity contribution in [2.45, 2.75) is 6.92 Å². The molecule has 0 unspecified atom stereocenters. The molecule has 1 nitrogen and oxygen atoms in total. The maximum absolute atomic E-state index is 6.89. The average molecular weight is 687 g/mol. The SMILES string of the molecule is Cc1ccc(NC(=S)C(=P(c2ccccc2)(c2ccccc2)c2ccccc2)[P+](c2ccccc2)(c2ccccc2)c2ccccc2)cc1. The second-order valence-corrected chi connectivity index (χ2v) is 19.4. The molecule has 238 valence electrons. The minimum atomic E-state index is -2.72. The molecular formula is C45H38NP2S+. The highest BCUT2D eigenvalue weighted by atomic mass is 32.1. The van der Waals surface area contributed by atoms with Gasteiger partial charge >= 0.3 is 0 Å². The normalized spacial score (nSPS) is 11.4. The first-order chi connectivity index (χ1) is 24.1. The number of benzene rings is 7. The topological polar surface area (TPSA) is 12.0 Å². The Morgan fingerprint density at radius 3 is 1.06 bits per heavy atom. The second kappa shape index (κ2) is 14.7. The molecular weight excluding hydrogens is 649 g/mol. The third-order valence-corrected chi connectivity index (χ3v) is 19.6. The minimum absolute atomic E-state index is 0.763. The lowest BCUT2D eigenvalue weighted by atomic mass is 10.2. The Morgan fingerprint density at radius 2 is 0.735 bits per heavy atom. The van der Waals surface area contributed by atoms with Crippen LogP contribution in [0.15, 0.2) is 206 Å². The molecule has 0 aromatic heterocycles. The summed E-state index contributed by atoms with van der Waals surface area (Å²) in [7, 11) is -2.72. The smallest absolute Gasteiger partial charge is 0.151 e. The van der Waals surface area contributed by atoms with Crippen molar-refractivity contribution in [1.82, 2.24) is 0 Å². The van der Waals surface area contributed by atoms with Crippen LogP contribution in [0, 0.1) is 6.92 Å². The fraction of sp³-hybridized carbons (Fsp3) is 0.0222. The van der Waals surface area contributed by atoms with Gasteiger partial charge in [0, 0.05) is 12.6 Å². The number of hydrogen-bond donors (Lipinski definition) is 1. The summed E-state index contributed by atoms with van der Waals surface area (Å²) < 4.78 is 0. The number of rotatable bonds is 9. The molecule has 0 radical (unpaired) electrons. The van der Waals surface area contributed by atoms with E-state index in [-0.39, 0.29) is 0 Å². The molecule has 49 heavy (non-hydrogen) atoms. The zero-order chi connectivity index (χ0) is 33.5. The van der Waals surface area contributed by atoms with Crippen LogP contribution in [0.25, 0.3) is 0 Å². The zero-order valence-electron chi connectivity index (χ0n) is 27.4. The first-order valence-corrected chi connectivity index (χ1v) is 20.5. The van der Waals surface area contributed by atoms with Gasteiger partial charge in [-0.25, -0.2) is 0 Å². The number of anilines is 1. The number of aryl methyl sites for hydroxylation is 1. The van der Waals surface area contributed by atoms with Crippen LogP contribution in [0.2, 0.25) is 0 Å². The van der Waals surface area contributed by atoms with Gasteiger partial charge in [-0.05, 0) is 71.4 Å². The summed E-state index contributed by atoms with van der Waals surface area (Å²) >= 11 is 6.89. The molecule has 0 aliphatic carbocycles. The minimum Gasteiger partial charge on any atom is -0.343 e. The van der Waals surface area contributed by atoms with Gasteiger partial charge in [-0.2, -0.15) is 0 Å². The fourth-order valence-electron chi connectivity index (χ4n) is 6.89. The van der Waals surface area contributed by atoms with Crippen LogP contribution in [0.5, 0.6) is 0 Å². The molecule has 0 saturated carbocycles. The summed E-state index contributed by atoms with van der Waals surface area (Å²) in [6.45, 7) is -0.603. The van der Waals surface area contributed by atoms with Crippen molar-refractivity contribution in [3.63, 3.8) is 0 Å². The van der Waals surface area contributed by atoms with Gasteiger partial charge in [0.05, 0.1) is 0 Å². The van der Waals surface area contributed by atoms with Crippen molar-refractivity contribution in [3.8, 4) is 0 Å². The maximum atomic E-state index is 6.89. The molecule has 7 aromatic rings. The molecule has 0 aliphatic rings. The standard InChI is InChI=1S/C45H37NP2S/c1-36-32-34-37(35-33-36)46-44(49)45(47(38-20-8-2-9-21-38,39-22-10-3-11-23-39)40-24-12-4-13-25-40)48(41-26-14-5-15-27-41,42-28-16-6-17-29-42)43-30-18-7-19-31-43/h2-35H,1H3/p+1. The van der Waals surface area contributed by atoms with Gasteiger partial charge in [0.15, 0.2) is 5.03 Å². The van der Waals surface area contributed by atoms with Crippen LogP contribution in [0.1, 0.15) is 5.56 Å². The van der Waals surface area contributed by atoms with Crippen LogP contribution < -0.4 is 37.1 Å². The van der Waals surface area contributed by atoms with E-state index in [0.29, 0.717) is 0 Å². The summed E-state index contributed by atoms with van der Waals surface area (Å²) in [5.41, 5.74) is 2.19. The van der Waals surface area contributed by atoms with Gasteiger partial charge in [0.2, 0.25) is 0 Å². The summed E-state index contributed by atoms with van der Waals surface area (Å²) in [6.07, 6.45) is 0. The number of hydrogen-bond acceptors (Lipinski definition) is 1. The zero-order valence-corrected chi connectivity index (χ0v) is 30.0. The number of thiocarbonyl (C=S) groups is 1. The fourth-order valence-corrected chi connectivity index (χ4v) is 19.4. The third kappa shape index (κ3) is 6.14. The van der Waals surface area contributed by atoms with E-state index in [1.165, 1.54) is 42.4 Å².